The molecule has 0 spiro atoms. The first-order chi connectivity index (χ1) is 11.8. The Hall–Kier alpha value is -2.58. The molecule has 0 saturated carbocycles. The van der Waals surface area contributed by atoms with Gasteiger partial charge in [0, 0.05) is 30.3 Å². The van der Waals surface area contributed by atoms with Gasteiger partial charge in [0.15, 0.2) is 0 Å². The smallest absolute Gasteiger partial charge is 0.227 e. The molecular weight excluding hydrogens is 342 g/mol. The fourth-order valence-corrected chi connectivity index (χ4v) is 3.72. The van der Waals surface area contributed by atoms with Gasteiger partial charge < -0.3 is 15.4 Å². The summed E-state index contributed by atoms with van der Waals surface area (Å²) in [5, 5.41) is 5.07. The number of nitrogens with zero attached hydrogens (tertiary/aromatic N) is 1. The Bertz CT molecular complexity index is 864. The minimum absolute atomic E-state index is 0.110. The van der Waals surface area contributed by atoms with E-state index in [-0.39, 0.29) is 24.0 Å². The van der Waals surface area contributed by atoms with Gasteiger partial charge in [-0.2, -0.15) is 0 Å². The molecule has 4 N–H and O–H groups in total. The second-order valence-electron chi connectivity index (χ2n) is 6.07. The molecule has 1 heterocycles. The lowest BCUT2D eigenvalue weighted by Gasteiger charge is -2.17. The molecule has 0 aliphatic carbocycles. The third-order valence-corrected chi connectivity index (χ3v) is 4.87. The van der Waals surface area contributed by atoms with Gasteiger partial charge in [0.2, 0.25) is 15.9 Å². The van der Waals surface area contributed by atoms with Gasteiger partial charge >= 0.3 is 0 Å². The molecule has 0 bridgehead atoms. The van der Waals surface area contributed by atoms with E-state index < -0.39 is 10.0 Å². The van der Waals surface area contributed by atoms with Crippen molar-refractivity contribution in [3.63, 3.8) is 0 Å². The van der Waals surface area contributed by atoms with Crippen molar-refractivity contribution in [1.82, 2.24) is 0 Å². The Morgan fingerprint density at radius 2 is 1.60 bits per heavy atom. The summed E-state index contributed by atoms with van der Waals surface area (Å²) >= 11 is 0. The number of nitrogen functional groups attached to an aromatic ring is 1. The van der Waals surface area contributed by atoms with E-state index in [9.17, 15) is 13.2 Å². The Morgan fingerprint density at radius 1 is 1.04 bits per heavy atom. The van der Waals surface area contributed by atoms with E-state index in [4.69, 9.17) is 15.6 Å². The monoisotopic (exact) mass is 361 g/mol. The molecular formula is C17H19N3O4S. The van der Waals surface area contributed by atoms with Gasteiger partial charge in [0.1, 0.15) is 11.5 Å². The molecule has 1 fully saturated rings. The number of nitrogens with two attached hydrogens (primary N) is 2. The van der Waals surface area contributed by atoms with Gasteiger partial charge in [-0.3, -0.25) is 4.79 Å². The van der Waals surface area contributed by atoms with Crippen molar-refractivity contribution in [2.24, 2.45) is 11.1 Å². The summed E-state index contributed by atoms with van der Waals surface area (Å²) in [7, 11) is -3.59. The second kappa shape index (κ2) is 6.73. The molecule has 7 nitrogen and oxygen atoms in total. The van der Waals surface area contributed by atoms with Gasteiger partial charge in [-0.05, 0) is 48.5 Å². The standard InChI is InChI=1S/C17H19N3O4S/c18-13-1-5-15(6-2-13)24-16-7-3-14(4-8-16)20-10-12(9-17(20)21)11-25(19,22)23/h1-8,12H,9-11,18H2,(H2,19,22,23). The molecule has 132 valence electrons. The van der Waals surface area contributed by atoms with Gasteiger partial charge in [0.25, 0.3) is 0 Å². The highest BCUT2D eigenvalue weighted by Crippen LogP contribution is 2.29. The summed E-state index contributed by atoms with van der Waals surface area (Å²) in [4.78, 5) is 13.7. The van der Waals surface area contributed by atoms with Crippen LogP contribution in [0.2, 0.25) is 0 Å². The fourth-order valence-electron chi connectivity index (χ4n) is 2.84. The quantitative estimate of drug-likeness (QED) is 0.787. The van der Waals surface area contributed by atoms with Crippen molar-refractivity contribution >= 4 is 27.3 Å². The number of hydrogen-bond acceptors (Lipinski definition) is 5. The maximum Gasteiger partial charge on any atom is 0.227 e. The summed E-state index contributed by atoms with van der Waals surface area (Å²) < 4.78 is 28.1. The summed E-state index contributed by atoms with van der Waals surface area (Å²) in [6, 6.07) is 14.1. The van der Waals surface area contributed by atoms with E-state index in [1.54, 1.807) is 53.4 Å². The second-order valence-corrected chi connectivity index (χ2v) is 7.73. The zero-order chi connectivity index (χ0) is 18.0. The van der Waals surface area contributed by atoms with Crippen LogP contribution in [0.15, 0.2) is 48.5 Å². The zero-order valence-electron chi connectivity index (χ0n) is 13.5. The fraction of sp³-hybridized carbons (Fsp3) is 0.235. The molecule has 25 heavy (non-hydrogen) atoms. The Labute approximate surface area is 146 Å². The van der Waals surface area contributed by atoms with Crippen LogP contribution in [0.4, 0.5) is 11.4 Å². The van der Waals surface area contributed by atoms with E-state index in [1.165, 1.54) is 0 Å². The Morgan fingerprint density at radius 3 is 2.16 bits per heavy atom. The van der Waals surface area contributed by atoms with Crippen LogP contribution in [0.5, 0.6) is 11.5 Å². The average molecular weight is 361 g/mol. The predicted octanol–water partition coefficient (Wildman–Crippen LogP) is 1.70. The van der Waals surface area contributed by atoms with Crippen molar-refractivity contribution < 1.29 is 17.9 Å². The van der Waals surface area contributed by atoms with Crippen molar-refractivity contribution in [2.45, 2.75) is 6.42 Å². The molecule has 2 aromatic carbocycles. The maximum absolute atomic E-state index is 12.1. The van der Waals surface area contributed by atoms with Gasteiger partial charge in [-0.1, -0.05) is 0 Å². The minimum Gasteiger partial charge on any atom is -0.457 e. The lowest BCUT2D eigenvalue weighted by Crippen LogP contribution is -2.27. The number of carbonyl (C=O) groups is 1. The topological polar surface area (TPSA) is 116 Å². The summed E-state index contributed by atoms with van der Waals surface area (Å²) in [6.45, 7) is 0.341. The summed E-state index contributed by atoms with van der Waals surface area (Å²) in [5.74, 6) is 0.704. The van der Waals surface area contributed by atoms with Crippen LogP contribution in [0.25, 0.3) is 0 Å². The summed E-state index contributed by atoms with van der Waals surface area (Å²) in [6.07, 6.45) is 0.181. The van der Waals surface area contributed by atoms with Crippen LogP contribution >= 0.6 is 0 Å². The SMILES string of the molecule is Nc1ccc(Oc2ccc(N3CC(CS(N)(=O)=O)CC3=O)cc2)cc1. The lowest BCUT2D eigenvalue weighted by molar-refractivity contribution is -0.117. The normalized spacial score (nSPS) is 17.7. The molecule has 1 amide bonds. The molecule has 0 radical (unpaired) electrons. The van der Waals surface area contributed by atoms with E-state index in [0.717, 1.165) is 0 Å². The van der Waals surface area contributed by atoms with Crippen LogP contribution in [-0.4, -0.2) is 26.6 Å². The lowest BCUT2D eigenvalue weighted by atomic mass is 10.1. The zero-order valence-corrected chi connectivity index (χ0v) is 14.3. The third-order valence-electron chi connectivity index (χ3n) is 3.94. The van der Waals surface area contributed by atoms with E-state index in [1.807, 2.05) is 0 Å². The molecule has 8 heteroatoms. The van der Waals surface area contributed by atoms with Gasteiger partial charge in [-0.25, -0.2) is 13.6 Å². The third kappa shape index (κ3) is 4.49. The summed E-state index contributed by atoms with van der Waals surface area (Å²) in [5.41, 5.74) is 6.99. The first-order valence-electron chi connectivity index (χ1n) is 7.74. The average Bonchev–Trinajstić information content (AvgIpc) is 2.89. The number of primary sulfonamides is 1. The van der Waals surface area contributed by atoms with E-state index in [0.29, 0.717) is 29.4 Å². The van der Waals surface area contributed by atoms with Crippen molar-refractivity contribution in [2.75, 3.05) is 22.9 Å². The minimum atomic E-state index is -3.59. The molecule has 2 aromatic rings. The van der Waals surface area contributed by atoms with Crippen LogP contribution < -0.4 is 20.5 Å². The number of amides is 1. The number of hydrogen-bond donors (Lipinski definition) is 2. The molecule has 1 unspecified atom stereocenters. The molecule has 1 atom stereocenters. The highest BCUT2D eigenvalue weighted by atomic mass is 32.2. The van der Waals surface area contributed by atoms with E-state index >= 15 is 0 Å². The largest absolute Gasteiger partial charge is 0.457 e. The van der Waals surface area contributed by atoms with Gasteiger partial charge in [-0.15, -0.1) is 0 Å². The van der Waals surface area contributed by atoms with Gasteiger partial charge in [0.05, 0.1) is 5.75 Å². The molecule has 1 aliphatic rings. The molecule has 1 aliphatic heterocycles. The van der Waals surface area contributed by atoms with Crippen LogP contribution in [0, 0.1) is 5.92 Å². The number of benzene rings is 2. The van der Waals surface area contributed by atoms with Crippen molar-refractivity contribution in [3.05, 3.63) is 48.5 Å². The molecule has 0 aromatic heterocycles. The van der Waals surface area contributed by atoms with Crippen molar-refractivity contribution in [3.8, 4) is 11.5 Å². The molecule has 1 saturated heterocycles. The number of carbonyl (C=O) groups excluding carboxylic acids is 1. The first-order valence-corrected chi connectivity index (χ1v) is 9.46. The maximum atomic E-state index is 12.1. The van der Waals surface area contributed by atoms with Crippen LogP contribution in [0.3, 0.4) is 0 Å². The Kier molecular flexibility index (Phi) is 4.65. The van der Waals surface area contributed by atoms with Crippen LogP contribution in [-0.2, 0) is 14.8 Å². The number of sulfonamides is 1. The number of ether oxygens (including phenoxy) is 1. The van der Waals surface area contributed by atoms with Crippen molar-refractivity contribution in [1.29, 1.82) is 0 Å². The predicted molar refractivity (Wildman–Crippen MR) is 95.8 cm³/mol. The van der Waals surface area contributed by atoms with Crippen LogP contribution in [0.1, 0.15) is 6.42 Å². The first kappa shape index (κ1) is 17.2. The highest BCUT2D eigenvalue weighted by molar-refractivity contribution is 7.89. The molecule has 3 rings (SSSR count). The number of anilines is 2. The Balaban J connectivity index is 1.68. The number of rotatable bonds is 5. The highest BCUT2D eigenvalue weighted by Gasteiger charge is 2.32. The van der Waals surface area contributed by atoms with E-state index in [2.05, 4.69) is 0 Å².